The predicted molar refractivity (Wildman–Crippen MR) is 96.7 cm³/mol. The zero-order valence-corrected chi connectivity index (χ0v) is 15.0. The number of nitrogens with one attached hydrogen (secondary N) is 1. The van der Waals surface area contributed by atoms with Crippen LogP contribution in [0.2, 0.25) is 5.02 Å². The van der Waals surface area contributed by atoms with Gasteiger partial charge < -0.3 is 14.3 Å². The van der Waals surface area contributed by atoms with Crippen LogP contribution in [-0.4, -0.2) is 34.7 Å². The van der Waals surface area contributed by atoms with Crippen molar-refractivity contribution in [3.8, 4) is 11.4 Å². The maximum atomic E-state index is 6.14. The molecule has 0 saturated carbocycles. The molecule has 4 rings (SSSR count). The third-order valence-electron chi connectivity index (χ3n) is 4.17. The molecular weight excluding hydrogens is 363 g/mol. The number of hydrogen-bond donors (Lipinski definition) is 1. The minimum atomic E-state index is 0. The molecule has 1 atom stereocenters. The molecule has 3 heterocycles. The Morgan fingerprint density at radius 2 is 2.24 bits per heavy atom. The largest absolute Gasteiger partial charge is 0.472 e. The van der Waals surface area contributed by atoms with Crippen molar-refractivity contribution in [3.63, 3.8) is 0 Å². The van der Waals surface area contributed by atoms with Crippen LogP contribution in [0.5, 0.6) is 0 Å². The SMILES string of the molecule is Cl.Clc1cccc(C2CNCCN2Cc2nc(-c3ccoc3)no2)c1. The highest BCUT2D eigenvalue weighted by atomic mass is 35.5. The highest BCUT2D eigenvalue weighted by Crippen LogP contribution is 2.26. The van der Waals surface area contributed by atoms with Gasteiger partial charge in [-0.3, -0.25) is 4.90 Å². The average molecular weight is 381 g/mol. The lowest BCUT2D eigenvalue weighted by Crippen LogP contribution is -2.45. The van der Waals surface area contributed by atoms with E-state index in [0.29, 0.717) is 18.3 Å². The number of hydrogen-bond acceptors (Lipinski definition) is 6. The molecule has 1 aliphatic rings. The zero-order valence-electron chi connectivity index (χ0n) is 13.4. The lowest BCUT2D eigenvalue weighted by molar-refractivity contribution is 0.135. The van der Waals surface area contributed by atoms with Gasteiger partial charge in [-0.1, -0.05) is 28.9 Å². The first-order valence-corrected chi connectivity index (χ1v) is 8.23. The lowest BCUT2D eigenvalue weighted by atomic mass is 10.0. The van der Waals surface area contributed by atoms with Gasteiger partial charge in [0, 0.05) is 30.7 Å². The summed E-state index contributed by atoms with van der Waals surface area (Å²) in [7, 11) is 0. The van der Waals surface area contributed by atoms with E-state index in [1.54, 1.807) is 12.5 Å². The maximum Gasteiger partial charge on any atom is 0.241 e. The van der Waals surface area contributed by atoms with Crippen LogP contribution in [0.4, 0.5) is 0 Å². The molecule has 1 saturated heterocycles. The van der Waals surface area contributed by atoms with Crippen molar-refractivity contribution in [2.45, 2.75) is 12.6 Å². The second-order valence-corrected chi connectivity index (χ2v) is 6.21. The summed E-state index contributed by atoms with van der Waals surface area (Å²) in [5, 5.41) is 8.21. The Hall–Kier alpha value is -1.86. The van der Waals surface area contributed by atoms with Crippen molar-refractivity contribution >= 4 is 24.0 Å². The van der Waals surface area contributed by atoms with Crippen molar-refractivity contribution in [1.29, 1.82) is 0 Å². The molecule has 0 spiro atoms. The van der Waals surface area contributed by atoms with Crippen molar-refractivity contribution in [2.24, 2.45) is 0 Å². The monoisotopic (exact) mass is 380 g/mol. The van der Waals surface area contributed by atoms with Gasteiger partial charge in [0.25, 0.3) is 0 Å². The minimum absolute atomic E-state index is 0. The molecule has 0 amide bonds. The second kappa shape index (κ2) is 8.01. The molecule has 0 radical (unpaired) electrons. The molecule has 3 aromatic rings. The van der Waals surface area contributed by atoms with E-state index in [9.17, 15) is 0 Å². The molecule has 25 heavy (non-hydrogen) atoms. The molecule has 0 aliphatic carbocycles. The summed E-state index contributed by atoms with van der Waals surface area (Å²) < 4.78 is 10.5. The molecule has 6 nitrogen and oxygen atoms in total. The number of piperazine rings is 1. The first kappa shape index (κ1) is 17.9. The van der Waals surface area contributed by atoms with E-state index >= 15 is 0 Å². The molecular formula is C17H18Cl2N4O2. The van der Waals surface area contributed by atoms with Crippen molar-refractivity contribution < 1.29 is 8.94 Å². The third-order valence-corrected chi connectivity index (χ3v) is 4.41. The van der Waals surface area contributed by atoms with Crippen LogP contribution in [0.25, 0.3) is 11.4 Å². The molecule has 1 unspecified atom stereocenters. The first-order chi connectivity index (χ1) is 11.8. The topological polar surface area (TPSA) is 67.3 Å². The number of benzene rings is 1. The van der Waals surface area contributed by atoms with Crippen LogP contribution in [-0.2, 0) is 6.54 Å². The standard InChI is InChI=1S/C17H17ClN4O2.ClH/c18-14-3-1-2-12(8-14)15-9-19-5-6-22(15)10-16-20-17(21-24-16)13-4-7-23-11-13;/h1-4,7-8,11,15,19H,5-6,9-10H2;1H. The second-order valence-electron chi connectivity index (χ2n) is 5.77. The number of rotatable bonds is 4. The van der Waals surface area contributed by atoms with Crippen LogP contribution < -0.4 is 5.32 Å². The van der Waals surface area contributed by atoms with E-state index < -0.39 is 0 Å². The van der Waals surface area contributed by atoms with E-state index in [2.05, 4.69) is 26.4 Å². The highest BCUT2D eigenvalue weighted by Gasteiger charge is 2.26. The van der Waals surface area contributed by atoms with Gasteiger partial charge in [-0.25, -0.2) is 0 Å². The van der Waals surface area contributed by atoms with Crippen LogP contribution in [0.15, 0.2) is 51.8 Å². The Morgan fingerprint density at radius 1 is 1.32 bits per heavy atom. The first-order valence-electron chi connectivity index (χ1n) is 7.85. The van der Waals surface area contributed by atoms with Gasteiger partial charge in [0.2, 0.25) is 11.7 Å². The molecule has 132 valence electrons. The van der Waals surface area contributed by atoms with Crippen molar-refractivity contribution in [2.75, 3.05) is 19.6 Å². The molecule has 1 N–H and O–H groups in total. The van der Waals surface area contributed by atoms with Crippen LogP contribution in [0.1, 0.15) is 17.5 Å². The Balaban J connectivity index is 0.00000182. The number of furan rings is 1. The van der Waals surface area contributed by atoms with Gasteiger partial charge >= 0.3 is 0 Å². The van der Waals surface area contributed by atoms with E-state index in [0.717, 1.165) is 30.2 Å². The smallest absolute Gasteiger partial charge is 0.241 e. The summed E-state index contributed by atoms with van der Waals surface area (Å²) in [5.74, 6) is 1.15. The Bertz CT molecular complexity index is 807. The van der Waals surface area contributed by atoms with Gasteiger partial charge in [-0.2, -0.15) is 4.98 Å². The molecule has 0 bridgehead atoms. The van der Waals surface area contributed by atoms with Gasteiger partial charge in [0.15, 0.2) is 0 Å². The molecule has 1 aliphatic heterocycles. The van der Waals surface area contributed by atoms with Crippen molar-refractivity contribution in [3.05, 3.63) is 59.3 Å². The highest BCUT2D eigenvalue weighted by molar-refractivity contribution is 6.30. The fourth-order valence-electron chi connectivity index (χ4n) is 2.98. The number of nitrogens with zero attached hydrogens (tertiary/aromatic N) is 3. The maximum absolute atomic E-state index is 6.14. The van der Waals surface area contributed by atoms with Crippen LogP contribution in [0.3, 0.4) is 0 Å². The van der Waals surface area contributed by atoms with Crippen molar-refractivity contribution in [1.82, 2.24) is 20.4 Å². The van der Waals surface area contributed by atoms with Crippen LogP contribution in [0, 0.1) is 0 Å². The molecule has 8 heteroatoms. The molecule has 1 aromatic carbocycles. The van der Waals surface area contributed by atoms with E-state index in [1.807, 2.05) is 24.3 Å². The molecule has 1 fully saturated rings. The Kier molecular flexibility index (Phi) is 5.75. The third kappa shape index (κ3) is 4.04. The van der Waals surface area contributed by atoms with Crippen LogP contribution >= 0.6 is 24.0 Å². The van der Waals surface area contributed by atoms with Gasteiger partial charge in [-0.05, 0) is 23.8 Å². The summed E-state index contributed by atoms with van der Waals surface area (Å²) in [5.41, 5.74) is 2.00. The number of halogens is 2. The van der Waals surface area contributed by atoms with Gasteiger partial charge in [0.1, 0.15) is 6.26 Å². The van der Waals surface area contributed by atoms with Gasteiger partial charge in [0.05, 0.1) is 18.4 Å². The van der Waals surface area contributed by atoms with E-state index in [1.165, 1.54) is 5.56 Å². The summed E-state index contributed by atoms with van der Waals surface area (Å²) in [6.07, 6.45) is 3.20. The predicted octanol–water partition coefficient (Wildman–Crippen LogP) is 3.55. The Morgan fingerprint density at radius 3 is 3.04 bits per heavy atom. The Labute approximate surface area is 156 Å². The summed E-state index contributed by atoms with van der Waals surface area (Å²) in [6.45, 7) is 3.30. The normalized spacial score (nSPS) is 18.0. The van der Waals surface area contributed by atoms with Gasteiger partial charge in [-0.15, -0.1) is 12.4 Å². The summed E-state index contributed by atoms with van der Waals surface area (Å²) in [6, 6.07) is 10.0. The average Bonchev–Trinajstić information content (AvgIpc) is 3.26. The zero-order chi connectivity index (χ0) is 16.4. The number of aromatic nitrogens is 2. The summed E-state index contributed by atoms with van der Waals surface area (Å²) >= 11 is 6.14. The summed E-state index contributed by atoms with van der Waals surface area (Å²) in [4.78, 5) is 6.79. The molecule has 2 aromatic heterocycles. The van der Waals surface area contributed by atoms with E-state index in [4.69, 9.17) is 20.5 Å². The van der Waals surface area contributed by atoms with E-state index in [-0.39, 0.29) is 18.4 Å². The lowest BCUT2D eigenvalue weighted by Gasteiger charge is -2.35. The quantitative estimate of drug-likeness (QED) is 0.746. The minimum Gasteiger partial charge on any atom is -0.472 e. The fraction of sp³-hybridized carbons (Fsp3) is 0.294. The fourth-order valence-corrected chi connectivity index (χ4v) is 3.18.